The highest BCUT2D eigenvalue weighted by Crippen LogP contribution is 2.45. The summed E-state index contributed by atoms with van der Waals surface area (Å²) in [5.41, 5.74) is 0. The summed E-state index contributed by atoms with van der Waals surface area (Å²) in [4.78, 5) is 72.7. The van der Waals surface area contributed by atoms with E-state index in [1.165, 1.54) is 186 Å². The van der Waals surface area contributed by atoms with Crippen molar-refractivity contribution in [2.24, 2.45) is 11.8 Å². The molecule has 0 aromatic heterocycles. The molecule has 0 aliphatic rings. The number of ether oxygens (including phenoxy) is 4. The summed E-state index contributed by atoms with van der Waals surface area (Å²) in [5, 5.41) is 10.6. The van der Waals surface area contributed by atoms with Crippen LogP contribution < -0.4 is 0 Å². The number of carbonyl (C=O) groups excluding carboxylic acids is 4. The third-order valence-electron chi connectivity index (χ3n) is 17.1. The van der Waals surface area contributed by atoms with Gasteiger partial charge in [0, 0.05) is 25.7 Å². The summed E-state index contributed by atoms with van der Waals surface area (Å²) in [6, 6.07) is 0. The van der Waals surface area contributed by atoms with Crippen LogP contribution in [0.25, 0.3) is 0 Å². The monoisotopic (exact) mass is 1340 g/mol. The number of unbranched alkanes of at least 4 members (excludes halogenated alkanes) is 40. The molecule has 0 saturated heterocycles. The zero-order valence-corrected chi connectivity index (χ0v) is 60.9. The van der Waals surface area contributed by atoms with E-state index >= 15 is 0 Å². The molecule has 0 aliphatic heterocycles. The lowest BCUT2D eigenvalue weighted by atomic mass is 9.99. The second-order valence-corrected chi connectivity index (χ2v) is 29.6. The number of aliphatic hydroxyl groups excluding tert-OH is 1. The van der Waals surface area contributed by atoms with E-state index in [2.05, 4.69) is 41.5 Å². The van der Waals surface area contributed by atoms with Gasteiger partial charge in [-0.1, -0.05) is 318 Å². The highest BCUT2D eigenvalue weighted by Gasteiger charge is 2.30. The van der Waals surface area contributed by atoms with Crippen LogP contribution in [0.15, 0.2) is 0 Å². The maximum absolute atomic E-state index is 13.0. The maximum atomic E-state index is 13.0. The van der Waals surface area contributed by atoms with Gasteiger partial charge in [0.15, 0.2) is 12.2 Å². The summed E-state index contributed by atoms with van der Waals surface area (Å²) >= 11 is 0. The lowest BCUT2D eigenvalue weighted by molar-refractivity contribution is -0.161. The van der Waals surface area contributed by atoms with Gasteiger partial charge in [-0.3, -0.25) is 37.3 Å². The quantitative estimate of drug-likeness (QED) is 0.0222. The van der Waals surface area contributed by atoms with Gasteiger partial charge in [0.25, 0.3) is 0 Å². The van der Waals surface area contributed by atoms with E-state index in [9.17, 15) is 43.2 Å². The van der Waals surface area contributed by atoms with Crippen LogP contribution in [-0.4, -0.2) is 96.7 Å². The smallest absolute Gasteiger partial charge is 0.462 e. The standard InChI is InChI=1S/C72H140O17P2/c1-7-10-12-14-16-18-20-21-22-26-30-37-43-49-55-70(75)83-60-67(88-71(76)56-50-44-38-31-27-23-25-28-34-40-46-52-64(4)5)62-86-90(78,79)84-58-66(73)59-85-91(80,81)87-63-68(61-82-69(74)54-48-42-36-29-24-19-17-15-13-11-8-2)89-72(77)57-51-45-39-33-32-35-41-47-53-65(6)9-3/h64-68,73H,7-63H2,1-6H3,(H,78,79)(H,80,81)/t65?,66-,67-,68-/m1/s1. The third kappa shape index (κ3) is 65.1. The predicted octanol–water partition coefficient (Wildman–Crippen LogP) is 20.8. The summed E-state index contributed by atoms with van der Waals surface area (Å²) in [6.45, 7) is 9.56. The normalized spacial score (nSPS) is 14.4. The summed E-state index contributed by atoms with van der Waals surface area (Å²) < 4.78 is 68.4. The first-order valence-electron chi connectivity index (χ1n) is 37.5. The van der Waals surface area contributed by atoms with Gasteiger partial charge in [-0.25, -0.2) is 9.13 Å². The van der Waals surface area contributed by atoms with Crippen LogP contribution in [0.1, 0.15) is 369 Å². The number of hydrogen-bond donors (Lipinski definition) is 3. The Morgan fingerprint density at radius 3 is 0.835 bits per heavy atom. The van der Waals surface area contributed by atoms with Gasteiger partial charge in [0.2, 0.25) is 0 Å². The lowest BCUT2D eigenvalue weighted by Crippen LogP contribution is -2.30. The van der Waals surface area contributed by atoms with E-state index in [1.807, 2.05) is 0 Å². The largest absolute Gasteiger partial charge is 0.472 e. The molecule has 0 rings (SSSR count). The highest BCUT2D eigenvalue weighted by atomic mass is 31.2. The van der Waals surface area contributed by atoms with Gasteiger partial charge in [-0.2, -0.15) is 0 Å². The zero-order chi connectivity index (χ0) is 67.2. The first kappa shape index (κ1) is 89.1. The molecular weight excluding hydrogens is 1200 g/mol. The number of hydrogen-bond acceptors (Lipinski definition) is 15. The molecule has 3 N–H and O–H groups in total. The third-order valence-corrected chi connectivity index (χ3v) is 19.0. The van der Waals surface area contributed by atoms with Gasteiger partial charge in [-0.15, -0.1) is 0 Å². The van der Waals surface area contributed by atoms with Gasteiger partial charge >= 0.3 is 39.5 Å². The fraction of sp³-hybridized carbons (Fsp3) is 0.944. The molecule has 0 spiro atoms. The molecule has 0 aliphatic carbocycles. The van der Waals surface area contributed by atoms with Crippen molar-refractivity contribution in [2.45, 2.75) is 387 Å². The average molecular weight is 1340 g/mol. The van der Waals surface area contributed by atoms with Crippen molar-refractivity contribution in [3.63, 3.8) is 0 Å². The van der Waals surface area contributed by atoms with Gasteiger partial charge in [-0.05, 0) is 37.5 Å². The van der Waals surface area contributed by atoms with Crippen molar-refractivity contribution < 1.29 is 80.2 Å². The predicted molar refractivity (Wildman–Crippen MR) is 368 cm³/mol. The fourth-order valence-electron chi connectivity index (χ4n) is 10.9. The number of phosphoric ester groups is 2. The Hall–Kier alpha value is -1.94. The molecule has 0 bridgehead atoms. The highest BCUT2D eigenvalue weighted by molar-refractivity contribution is 7.47. The second-order valence-electron chi connectivity index (χ2n) is 26.7. The lowest BCUT2D eigenvalue weighted by Gasteiger charge is -2.21. The Morgan fingerprint density at radius 1 is 0.319 bits per heavy atom. The van der Waals surface area contributed by atoms with Crippen molar-refractivity contribution >= 4 is 39.5 Å². The minimum absolute atomic E-state index is 0.105. The van der Waals surface area contributed by atoms with Crippen LogP contribution in [-0.2, 0) is 65.4 Å². The van der Waals surface area contributed by atoms with E-state index in [0.29, 0.717) is 25.7 Å². The van der Waals surface area contributed by atoms with E-state index in [1.54, 1.807) is 0 Å². The molecule has 91 heavy (non-hydrogen) atoms. The van der Waals surface area contributed by atoms with E-state index in [4.69, 9.17) is 37.0 Å². The number of rotatable bonds is 71. The molecule has 0 aromatic carbocycles. The zero-order valence-electron chi connectivity index (χ0n) is 59.1. The SMILES string of the molecule is CCCCCCCCCCCCCCCCC(=O)OC[C@H](COP(=O)(O)OC[C@@H](O)COP(=O)(O)OC[C@@H](COC(=O)CCCCCCCCCCCCC)OC(=O)CCCCCCCCCCC(C)CC)OC(=O)CCCCCCCCCCCCCC(C)C. The fourth-order valence-corrected chi connectivity index (χ4v) is 12.5. The first-order valence-corrected chi connectivity index (χ1v) is 40.5. The van der Waals surface area contributed by atoms with Crippen LogP contribution in [0, 0.1) is 11.8 Å². The first-order chi connectivity index (χ1) is 43.9. The number of carbonyl (C=O) groups is 4. The molecule has 3 unspecified atom stereocenters. The number of aliphatic hydroxyl groups is 1. The Morgan fingerprint density at radius 2 is 0.560 bits per heavy atom. The maximum Gasteiger partial charge on any atom is 0.472 e. The molecule has 540 valence electrons. The van der Waals surface area contributed by atoms with Crippen LogP contribution in [0.5, 0.6) is 0 Å². The summed E-state index contributed by atoms with van der Waals surface area (Å²) in [6.07, 6.45) is 49.7. The van der Waals surface area contributed by atoms with Crippen molar-refractivity contribution in [2.75, 3.05) is 39.6 Å². The van der Waals surface area contributed by atoms with Crippen molar-refractivity contribution in [3.05, 3.63) is 0 Å². The van der Waals surface area contributed by atoms with Crippen LogP contribution in [0.4, 0.5) is 0 Å². The molecule has 0 radical (unpaired) electrons. The minimum Gasteiger partial charge on any atom is -0.462 e. The second kappa shape index (κ2) is 64.1. The molecule has 19 heteroatoms. The number of phosphoric acid groups is 2. The summed E-state index contributed by atoms with van der Waals surface area (Å²) in [5.74, 6) is -0.586. The minimum atomic E-state index is -4.95. The Labute approximate surface area is 556 Å². The van der Waals surface area contributed by atoms with Gasteiger partial charge in [0.05, 0.1) is 26.4 Å². The topological polar surface area (TPSA) is 237 Å². The summed E-state index contributed by atoms with van der Waals surface area (Å²) in [7, 11) is -9.90. The molecule has 0 amide bonds. The van der Waals surface area contributed by atoms with Crippen LogP contribution >= 0.6 is 15.6 Å². The Bertz CT molecular complexity index is 1770. The van der Waals surface area contributed by atoms with Crippen molar-refractivity contribution in [1.29, 1.82) is 0 Å². The molecule has 0 aromatic rings. The van der Waals surface area contributed by atoms with Crippen molar-refractivity contribution in [3.8, 4) is 0 Å². The molecule has 6 atom stereocenters. The molecule has 0 fully saturated rings. The molecule has 0 saturated carbocycles. The Balaban J connectivity index is 5.26. The average Bonchev–Trinajstić information content (AvgIpc) is 2.80. The van der Waals surface area contributed by atoms with Crippen LogP contribution in [0.2, 0.25) is 0 Å². The van der Waals surface area contributed by atoms with E-state index in [-0.39, 0.29) is 25.7 Å². The van der Waals surface area contributed by atoms with Crippen LogP contribution in [0.3, 0.4) is 0 Å². The number of esters is 4. The van der Waals surface area contributed by atoms with E-state index in [0.717, 1.165) is 102 Å². The molecular formula is C72H140O17P2. The van der Waals surface area contributed by atoms with Gasteiger partial charge in [0.1, 0.15) is 19.3 Å². The molecule has 17 nitrogen and oxygen atoms in total. The van der Waals surface area contributed by atoms with Gasteiger partial charge < -0.3 is 33.8 Å². The van der Waals surface area contributed by atoms with E-state index < -0.39 is 97.5 Å². The molecule has 0 heterocycles. The Kier molecular flexibility index (Phi) is 62.7. The van der Waals surface area contributed by atoms with Crippen molar-refractivity contribution in [1.82, 2.24) is 0 Å².